The normalized spacial score (nSPS) is 16.1. The van der Waals surface area contributed by atoms with Crippen LogP contribution in [0, 0.1) is 0 Å². The van der Waals surface area contributed by atoms with Gasteiger partial charge in [0.15, 0.2) is 0 Å². The van der Waals surface area contributed by atoms with E-state index in [0.717, 1.165) is 29.7 Å². The third-order valence-electron chi connectivity index (χ3n) is 4.68. The molecule has 0 saturated heterocycles. The largest absolute Gasteiger partial charge is 0.494 e. The summed E-state index contributed by atoms with van der Waals surface area (Å²) in [5.74, 6) is 0.295. The molecule has 0 saturated carbocycles. The number of esters is 1. The molecule has 0 aliphatic carbocycles. The highest BCUT2D eigenvalue weighted by Crippen LogP contribution is 2.29. The number of nitrogens with one attached hydrogen (secondary N) is 2. The van der Waals surface area contributed by atoms with Gasteiger partial charge in [0, 0.05) is 5.70 Å². The molecule has 152 valence electrons. The highest BCUT2D eigenvalue weighted by molar-refractivity contribution is 5.95. The monoisotopic (exact) mass is 394 g/mol. The Morgan fingerprint density at radius 3 is 2.48 bits per heavy atom. The summed E-state index contributed by atoms with van der Waals surface area (Å²) in [5.41, 5.74) is 2.56. The van der Waals surface area contributed by atoms with Crippen molar-refractivity contribution in [1.82, 2.24) is 10.6 Å². The van der Waals surface area contributed by atoms with Crippen molar-refractivity contribution >= 4 is 12.0 Å². The first-order valence-electron chi connectivity index (χ1n) is 9.80. The van der Waals surface area contributed by atoms with E-state index in [9.17, 15) is 9.59 Å². The van der Waals surface area contributed by atoms with Crippen molar-refractivity contribution in [3.8, 4) is 5.75 Å². The maximum absolute atomic E-state index is 12.8. The molecule has 0 aromatic heterocycles. The van der Waals surface area contributed by atoms with Gasteiger partial charge in [0.05, 0.1) is 18.2 Å². The Bertz CT molecular complexity index is 876. The Labute approximate surface area is 170 Å². The number of urea groups is 1. The molecule has 2 N–H and O–H groups in total. The van der Waals surface area contributed by atoms with Crippen molar-refractivity contribution in [3.63, 3.8) is 0 Å². The van der Waals surface area contributed by atoms with Crippen LogP contribution in [-0.2, 0) is 16.1 Å². The zero-order chi connectivity index (χ0) is 20.6. The molecule has 1 aliphatic rings. The Hall–Kier alpha value is -3.28. The fraction of sp³-hybridized carbons (Fsp3) is 0.304. The number of amides is 2. The summed E-state index contributed by atoms with van der Waals surface area (Å²) in [5, 5.41) is 5.47. The number of unbranched alkanes of at least 4 members (excludes halogenated alkanes) is 1. The molecule has 1 aliphatic heterocycles. The number of rotatable bonds is 8. The van der Waals surface area contributed by atoms with E-state index in [1.807, 2.05) is 54.6 Å². The zero-order valence-corrected chi connectivity index (χ0v) is 16.7. The summed E-state index contributed by atoms with van der Waals surface area (Å²) in [6.45, 7) is 4.64. The maximum atomic E-state index is 12.8. The van der Waals surface area contributed by atoms with Crippen molar-refractivity contribution < 1.29 is 19.1 Å². The van der Waals surface area contributed by atoms with Crippen LogP contribution in [0.1, 0.15) is 43.9 Å². The minimum atomic E-state index is -0.586. The van der Waals surface area contributed by atoms with Gasteiger partial charge in [-0.1, -0.05) is 55.8 Å². The van der Waals surface area contributed by atoms with E-state index in [-0.39, 0.29) is 12.6 Å². The van der Waals surface area contributed by atoms with Crippen molar-refractivity contribution in [1.29, 1.82) is 0 Å². The zero-order valence-electron chi connectivity index (χ0n) is 16.7. The molecule has 0 bridgehead atoms. The van der Waals surface area contributed by atoms with Crippen molar-refractivity contribution in [2.45, 2.75) is 39.3 Å². The van der Waals surface area contributed by atoms with E-state index in [1.54, 1.807) is 6.92 Å². The van der Waals surface area contributed by atoms with E-state index < -0.39 is 12.0 Å². The molecule has 2 amide bonds. The van der Waals surface area contributed by atoms with Gasteiger partial charge in [-0.3, -0.25) is 0 Å². The lowest BCUT2D eigenvalue weighted by molar-refractivity contribution is -0.140. The van der Waals surface area contributed by atoms with Gasteiger partial charge in [0.2, 0.25) is 0 Å². The van der Waals surface area contributed by atoms with Crippen molar-refractivity contribution in [3.05, 3.63) is 77.0 Å². The molecule has 0 fully saturated rings. The molecular formula is C23H26N2O4. The minimum Gasteiger partial charge on any atom is -0.494 e. The lowest BCUT2D eigenvalue weighted by Gasteiger charge is -2.28. The van der Waals surface area contributed by atoms with Gasteiger partial charge in [-0.25, -0.2) is 9.59 Å². The van der Waals surface area contributed by atoms with Gasteiger partial charge in [-0.05, 0) is 36.6 Å². The summed E-state index contributed by atoms with van der Waals surface area (Å²) >= 11 is 0. The van der Waals surface area contributed by atoms with Gasteiger partial charge in [0.25, 0.3) is 0 Å². The van der Waals surface area contributed by atoms with Gasteiger partial charge in [-0.2, -0.15) is 0 Å². The van der Waals surface area contributed by atoms with Crippen LogP contribution in [0.25, 0.3) is 0 Å². The van der Waals surface area contributed by atoms with Gasteiger partial charge in [0.1, 0.15) is 12.4 Å². The van der Waals surface area contributed by atoms with Crippen LogP contribution in [-0.4, -0.2) is 18.6 Å². The van der Waals surface area contributed by atoms with Crippen LogP contribution in [0.2, 0.25) is 0 Å². The molecule has 2 aromatic carbocycles. The minimum absolute atomic E-state index is 0.168. The summed E-state index contributed by atoms with van der Waals surface area (Å²) in [6.07, 6.45) is 2.06. The van der Waals surface area contributed by atoms with E-state index >= 15 is 0 Å². The van der Waals surface area contributed by atoms with Crippen LogP contribution in [0.5, 0.6) is 5.75 Å². The van der Waals surface area contributed by atoms with Crippen molar-refractivity contribution in [2.75, 3.05) is 6.61 Å². The van der Waals surface area contributed by atoms with Gasteiger partial charge in [-0.15, -0.1) is 0 Å². The topological polar surface area (TPSA) is 76.7 Å². The number of carbonyl (C=O) groups is 2. The third kappa shape index (κ3) is 5.38. The summed E-state index contributed by atoms with van der Waals surface area (Å²) in [4.78, 5) is 24.8. The van der Waals surface area contributed by atoms with Crippen LogP contribution < -0.4 is 15.4 Å². The van der Waals surface area contributed by atoms with E-state index in [4.69, 9.17) is 9.47 Å². The number of ether oxygens (including phenoxy) is 2. The predicted molar refractivity (Wildman–Crippen MR) is 110 cm³/mol. The Morgan fingerprint density at radius 2 is 1.79 bits per heavy atom. The second kappa shape index (κ2) is 9.78. The molecule has 0 spiro atoms. The van der Waals surface area contributed by atoms with E-state index in [2.05, 4.69) is 17.6 Å². The van der Waals surface area contributed by atoms with Crippen LogP contribution in [0.3, 0.4) is 0 Å². The van der Waals surface area contributed by atoms with Gasteiger partial charge >= 0.3 is 12.0 Å². The molecule has 2 aromatic rings. The SMILES string of the molecule is CCCCOc1ccc([C@@H]2NC(=O)NC(C)=C2C(=O)OCc2ccccc2)cc1. The van der Waals surface area contributed by atoms with Crippen LogP contribution in [0.15, 0.2) is 65.9 Å². The predicted octanol–water partition coefficient (Wildman–Crippen LogP) is 4.24. The molecule has 1 heterocycles. The first kappa shape index (κ1) is 20.5. The standard InChI is InChI=1S/C23H26N2O4/c1-3-4-14-28-19-12-10-18(11-13-19)21-20(16(2)24-23(27)25-21)22(26)29-15-17-8-6-5-7-9-17/h5-13,21H,3-4,14-15H2,1-2H3,(H2,24,25,27)/t21-/m0/s1. The molecule has 29 heavy (non-hydrogen) atoms. The van der Waals surface area contributed by atoms with Gasteiger partial charge < -0.3 is 20.1 Å². The average Bonchev–Trinajstić information content (AvgIpc) is 2.73. The highest BCUT2D eigenvalue weighted by Gasteiger charge is 2.32. The maximum Gasteiger partial charge on any atom is 0.338 e. The Kier molecular flexibility index (Phi) is 6.89. The quantitative estimate of drug-likeness (QED) is 0.519. The molecule has 6 nitrogen and oxygen atoms in total. The smallest absolute Gasteiger partial charge is 0.338 e. The van der Waals surface area contributed by atoms with E-state index in [1.165, 1.54) is 0 Å². The number of allylic oxidation sites excluding steroid dienone is 1. The molecule has 1 atom stereocenters. The lowest BCUT2D eigenvalue weighted by Crippen LogP contribution is -2.45. The molecule has 3 rings (SSSR count). The number of benzene rings is 2. The number of carbonyl (C=O) groups excluding carboxylic acids is 2. The fourth-order valence-electron chi connectivity index (χ4n) is 3.11. The summed E-state index contributed by atoms with van der Waals surface area (Å²) < 4.78 is 11.2. The second-order valence-corrected chi connectivity index (χ2v) is 6.90. The molecular weight excluding hydrogens is 368 g/mol. The Balaban J connectivity index is 1.75. The summed E-state index contributed by atoms with van der Waals surface area (Å²) in [7, 11) is 0. The molecule has 0 unspecified atom stereocenters. The van der Waals surface area contributed by atoms with Crippen LogP contribution >= 0.6 is 0 Å². The Morgan fingerprint density at radius 1 is 1.07 bits per heavy atom. The molecule has 6 heteroatoms. The second-order valence-electron chi connectivity index (χ2n) is 6.90. The summed E-state index contributed by atoms with van der Waals surface area (Å²) in [6, 6.07) is 15.9. The van der Waals surface area contributed by atoms with Crippen molar-refractivity contribution in [2.24, 2.45) is 0 Å². The lowest BCUT2D eigenvalue weighted by atomic mass is 9.95. The van der Waals surface area contributed by atoms with E-state index in [0.29, 0.717) is 17.9 Å². The first-order chi connectivity index (χ1) is 14.1. The highest BCUT2D eigenvalue weighted by atomic mass is 16.5. The number of hydrogen-bond acceptors (Lipinski definition) is 4. The third-order valence-corrected chi connectivity index (χ3v) is 4.68. The van der Waals surface area contributed by atoms with Crippen LogP contribution in [0.4, 0.5) is 4.79 Å². The average molecular weight is 394 g/mol. The fourth-order valence-corrected chi connectivity index (χ4v) is 3.11. The first-order valence-corrected chi connectivity index (χ1v) is 9.80. The molecule has 0 radical (unpaired) electrons. The number of hydrogen-bond donors (Lipinski definition) is 2.